The molecule has 0 saturated carbocycles. The summed E-state index contributed by atoms with van der Waals surface area (Å²) in [6.45, 7) is 7.39. The smallest absolute Gasteiger partial charge is 0.193 e. The quantitative estimate of drug-likeness (QED) is 0.603. The summed E-state index contributed by atoms with van der Waals surface area (Å²) in [4.78, 5) is 8.84. The summed E-state index contributed by atoms with van der Waals surface area (Å²) < 4.78 is 29.1. The summed E-state index contributed by atoms with van der Waals surface area (Å²) in [7, 11) is 0.397. The average molecular weight is 409 g/mol. The van der Waals surface area contributed by atoms with Crippen molar-refractivity contribution in [1.29, 1.82) is 0 Å². The molecular weight excluding hydrogens is 376 g/mol. The minimum atomic E-state index is -3.05. The van der Waals surface area contributed by atoms with Gasteiger partial charge in [0.2, 0.25) is 0 Å². The second kappa shape index (κ2) is 8.19. The molecule has 2 heterocycles. The maximum atomic E-state index is 12.2. The highest BCUT2D eigenvalue weighted by molar-refractivity contribution is 7.92. The Bertz CT molecular complexity index is 822. The number of guanidine groups is 1. The molecule has 2 aliphatic rings. The van der Waals surface area contributed by atoms with Crippen LogP contribution in [-0.4, -0.2) is 76.7 Å². The second-order valence-electron chi connectivity index (χ2n) is 8.23. The van der Waals surface area contributed by atoms with Crippen molar-refractivity contribution >= 4 is 21.5 Å². The van der Waals surface area contributed by atoms with Gasteiger partial charge >= 0.3 is 0 Å². The summed E-state index contributed by atoms with van der Waals surface area (Å²) in [6, 6.07) is 8.18. The Balaban J connectivity index is 1.55. The number of aliphatic imine (C=N–C) groups is 1. The van der Waals surface area contributed by atoms with Gasteiger partial charge in [0.1, 0.15) is 5.75 Å². The molecule has 156 valence electrons. The Labute approximate surface area is 168 Å². The molecule has 7 nitrogen and oxygen atoms in total. The number of rotatable bonds is 4. The van der Waals surface area contributed by atoms with Crippen LogP contribution in [0.25, 0.3) is 0 Å². The summed E-state index contributed by atoms with van der Waals surface area (Å²) in [5.41, 5.74) is 1.19. The third-order valence-electron chi connectivity index (χ3n) is 5.81. The molecule has 0 aromatic heterocycles. The van der Waals surface area contributed by atoms with Crippen LogP contribution in [-0.2, 0) is 9.84 Å². The van der Waals surface area contributed by atoms with E-state index in [9.17, 15) is 8.42 Å². The van der Waals surface area contributed by atoms with Crippen LogP contribution < -0.4 is 15.0 Å². The lowest BCUT2D eigenvalue weighted by Gasteiger charge is -2.39. The number of anilines is 1. The first-order chi connectivity index (χ1) is 13.3. The van der Waals surface area contributed by atoms with E-state index < -0.39 is 14.6 Å². The lowest BCUT2D eigenvalue weighted by molar-refractivity contribution is 0.351. The summed E-state index contributed by atoms with van der Waals surface area (Å²) in [5.74, 6) is 2.36. The molecule has 8 heteroatoms. The van der Waals surface area contributed by atoms with Crippen LogP contribution in [0.5, 0.6) is 5.75 Å². The largest absolute Gasteiger partial charge is 0.497 e. The summed E-state index contributed by atoms with van der Waals surface area (Å²) in [5, 5.41) is 3.47. The molecule has 2 fully saturated rings. The number of nitrogens with one attached hydrogen (secondary N) is 1. The number of ether oxygens (including phenoxy) is 1. The molecule has 2 aliphatic heterocycles. The monoisotopic (exact) mass is 408 g/mol. The van der Waals surface area contributed by atoms with Crippen LogP contribution in [0.1, 0.15) is 20.3 Å². The highest BCUT2D eigenvalue weighted by Gasteiger charge is 2.41. The Morgan fingerprint density at radius 1 is 1.36 bits per heavy atom. The Kier molecular flexibility index (Phi) is 6.07. The lowest BCUT2D eigenvalue weighted by Crippen LogP contribution is -2.57. The fraction of sp³-hybridized carbons (Fsp3) is 0.650. The fourth-order valence-electron chi connectivity index (χ4n) is 3.93. The average Bonchev–Trinajstić information content (AvgIpc) is 3.14. The number of sulfone groups is 1. The van der Waals surface area contributed by atoms with Gasteiger partial charge in [-0.1, -0.05) is 6.07 Å². The molecule has 3 rings (SSSR count). The standard InChI is InChI=1S/C20H32N4O3S/c1-20(2)15-24(10-11-28(20,25)26)19(21-3)22-13-16-8-9-23(14-16)17-6-5-7-18(12-17)27-4/h5-7,12,16H,8-11,13-15H2,1-4H3,(H,21,22). The van der Waals surface area contributed by atoms with E-state index in [-0.39, 0.29) is 5.75 Å². The topological polar surface area (TPSA) is 74.2 Å². The number of methoxy groups -OCH3 is 1. The van der Waals surface area contributed by atoms with Crippen molar-refractivity contribution < 1.29 is 13.2 Å². The van der Waals surface area contributed by atoms with Crippen molar-refractivity contribution in [3.05, 3.63) is 24.3 Å². The van der Waals surface area contributed by atoms with Crippen LogP contribution >= 0.6 is 0 Å². The van der Waals surface area contributed by atoms with E-state index in [1.54, 1.807) is 28.0 Å². The van der Waals surface area contributed by atoms with Gasteiger partial charge in [0.05, 0.1) is 17.6 Å². The molecule has 1 aromatic carbocycles. The van der Waals surface area contributed by atoms with Crippen molar-refractivity contribution in [2.75, 3.05) is 57.5 Å². The van der Waals surface area contributed by atoms with Crippen LogP contribution in [0, 0.1) is 5.92 Å². The summed E-state index contributed by atoms with van der Waals surface area (Å²) in [6.07, 6.45) is 1.11. The van der Waals surface area contributed by atoms with Crippen molar-refractivity contribution in [2.24, 2.45) is 10.9 Å². The molecule has 0 radical (unpaired) electrons. The second-order valence-corrected chi connectivity index (χ2v) is 11.0. The maximum Gasteiger partial charge on any atom is 0.193 e. The van der Waals surface area contributed by atoms with E-state index in [2.05, 4.69) is 32.2 Å². The maximum absolute atomic E-state index is 12.2. The Morgan fingerprint density at radius 3 is 2.82 bits per heavy atom. The molecule has 0 spiro atoms. The molecular formula is C20H32N4O3S. The molecule has 1 atom stereocenters. The van der Waals surface area contributed by atoms with Crippen molar-refractivity contribution in [2.45, 2.75) is 25.0 Å². The molecule has 0 bridgehead atoms. The van der Waals surface area contributed by atoms with Gasteiger partial charge in [-0.15, -0.1) is 0 Å². The first-order valence-corrected chi connectivity index (χ1v) is 11.5. The van der Waals surface area contributed by atoms with Crippen molar-refractivity contribution in [3.8, 4) is 5.75 Å². The summed E-state index contributed by atoms with van der Waals surface area (Å²) >= 11 is 0. The predicted molar refractivity (Wildman–Crippen MR) is 114 cm³/mol. The number of hydrogen-bond donors (Lipinski definition) is 1. The van der Waals surface area contributed by atoms with Crippen molar-refractivity contribution in [3.63, 3.8) is 0 Å². The molecule has 1 aromatic rings. The van der Waals surface area contributed by atoms with Gasteiger partial charge in [-0.3, -0.25) is 4.99 Å². The zero-order valence-electron chi connectivity index (χ0n) is 17.3. The highest BCUT2D eigenvalue weighted by Crippen LogP contribution is 2.27. The van der Waals surface area contributed by atoms with Gasteiger partial charge in [0, 0.05) is 51.5 Å². The first-order valence-electron chi connectivity index (χ1n) is 9.82. The van der Waals surface area contributed by atoms with Crippen LogP contribution in [0.2, 0.25) is 0 Å². The number of nitrogens with zero attached hydrogens (tertiary/aromatic N) is 3. The van der Waals surface area contributed by atoms with Crippen LogP contribution in [0.3, 0.4) is 0 Å². The molecule has 1 unspecified atom stereocenters. The number of benzene rings is 1. The zero-order valence-corrected chi connectivity index (χ0v) is 18.1. The van der Waals surface area contributed by atoms with Gasteiger partial charge in [0.15, 0.2) is 15.8 Å². The van der Waals surface area contributed by atoms with Gasteiger partial charge in [-0.05, 0) is 38.3 Å². The van der Waals surface area contributed by atoms with E-state index in [0.29, 0.717) is 19.0 Å². The van der Waals surface area contributed by atoms with E-state index in [4.69, 9.17) is 4.74 Å². The van der Waals surface area contributed by atoms with E-state index in [1.165, 1.54) is 5.69 Å². The van der Waals surface area contributed by atoms with Crippen LogP contribution in [0.15, 0.2) is 29.3 Å². The van der Waals surface area contributed by atoms with E-state index >= 15 is 0 Å². The molecule has 1 N–H and O–H groups in total. The number of hydrogen-bond acceptors (Lipinski definition) is 5. The predicted octanol–water partition coefficient (Wildman–Crippen LogP) is 1.61. The SMILES string of the molecule is CN=C(NCC1CCN(c2cccc(OC)c2)C1)N1CCS(=O)(=O)C(C)(C)C1. The molecule has 2 saturated heterocycles. The molecule has 0 amide bonds. The minimum absolute atomic E-state index is 0.174. The Morgan fingerprint density at radius 2 is 2.14 bits per heavy atom. The minimum Gasteiger partial charge on any atom is -0.497 e. The lowest BCUT2D eigenvalue weighted by atomic mass is 10.1. The molecule has 28 heavy (non-hydrogen) atoms. The zero-order chi connectivity index (χ0) is 20.4. The van der Waals surface area contributed by atoms with E-state index in [1.807, 2.05) is 12.1 Å². The van der Waals surface area contributed by atoms with E-state index in [0.717, 1.165) is 37.8 Å². The fourth-order valence-corrected chi connectivity index (χ4v) is 5.30. The highest BCUT2D eigenvalue weighted by atomic mass is 32.2. The van der Waals surface area contributed by atoms with Crippen molar-refractivity contribution in [1.82, 2.24) is 10.2 Å². The third kappa shape index (κ3) is 4.37. The first kappa shape index (κ1) is 20.8. The molecule has 0 aliphatic carbocycles. The van der Waals surface area contributed by atoms with Gasteiger partial charge in [-0.25, -0.2) is 8.42 Å². The van der Waals surface area contributed by atoms with Gasteiger partial charge in [0.25, 0.3) is 0 Å². The van der Waals surface area contributed by atoms with Gasteiger partial charge in [-0.2, -0.15) is 0 Å². The normalized spacial score (nSPS) is 24.3. The third-order valence-corrected chi connectivity index (χ3v) is 8.34. The Hall–Kier alpha value is -1.96. The van der Waals surface area contributed by atoms with Crippen LogP contribution in [0.4, 0.5) is 5.69 Å². The van der Waals surface area contributed by atoms with Gasteiger partial charge < -0.3 is 19.9 Å².